The summed E-state index contributed by atoms with van der Waals surface area (Å²) in [5, 5.41) is 3.09. The molecule has 3 rings (SSSR count). The Hall–Kier alpha value is -3.23. The standard InChI is InChI=1S/C25H23O4P/c1-18(2)23(25(27)28-3)29-24(26)21-16-10-11-17-22(21)30(19-12-6-4-7-13-19)20-14-8-5-9-15-20/h4-17,23H,1H2,2-3H3/t23-/m0/s1. The van der Waals surface area contributed by atoms with Crippen LogP contribution in [0.25, 0.3) is 0 Å². The third-order valence-corrected chi connectivity index (χ3v) is 6.98. The molecule has 0 N–H and O–H groups in total. The van der Waals surface area contributed by atoms with Crippen molar-refractivity contribution in [3.63, 3.8) is 0 Å². The lowest BCUT2D eigenvalue weighted by Gasteiger charge is -2.22. The molecule has 0 fully saturated rings. The first kappa shape index (κ1) is 21.5. The van der Waals surface area contributed by atoms with Crippen LogP contribution in [0.4, 0.5) is 0 Å². The second kappa shape index (κ2) is 10.00. The van der Waals surface area contributed by atoms with Gasteiger partial charge in [0.1, 0.15) is 0 Å². The van der Waals surface area contributed by atoms with Crippen LogP contribution in [0.2, 0.25) is 0 Å². The smallest absolute Gasteiger partial charge is 0.351 e. The molecule has 0 aromatic heterocycles. The lowest BCUT2D eigenvalue weighted by molar-refractivity contribution is -0.148. The Morgan fingerprint density at radius 1 is 0.833 bits per heavy atom. The minimum Gasteiger partial charge on any atom is -0.466 e. The second-order valence-corrected chi connectivity index (χ2v) is 8.86. The molecule has 0 radical (unpaired) electrons. The minimum absolute atomic E-state index is 0.404. The number of carbonyl (C=O) groups excluding carboxylic acids is 2. The number of benzene rings is 3. The van der Waals surface area contributed by atoms with Crippen molar-refractivity contribution in [2.45, 2.75) is 13.0 Å². The van der Waals surface area contributed by atoms with Crippen molar-refractivity contribution in [2.75, 3.05) is 7.11 Å². The predicted molar refractivity (Wildman–Crippen MR) is 121 cm³/mol. The highest BCUT2D eigenvalue weighted by atomic mass is 31.1. The van der Waals surface area contributed by atoms with Gasteiger partial charge in [0.05, 0.1) is 12.7 Å². The van der Waals surface area contributed by atoms with Crippen LogP contribution in [0.1, 0.15) is 17.3 Å². The molecular weight excluding hydrogens is 395 g/mol. The maximum atomic E-state index is 13.1. The molecule has 0 spiro atoms. The van der Waals surface area contributed by atoms with E-state index >= 15 is 0 Å². The van der Waals surface area contributed by atoms with Crippen molar-refractivity contribution in [1.29, 1.82) is 0 Å². The van der Waals surface area contributed by atoms with Gasteiger partial charge in [-0.15, -0.1) is 0 Å². The molecular formula is C25H23O4P. The zero-order valence-electron chi connectivity index (χ0n) is 16.9. The van der Waals surface area contributed by atoms with Gasteiger partial charge in [-0.25, -0.2) is 9.59 Å². The van der Waals surface area contributed by atoms with E-state index in [9.17, 15) is 9.59 Å². The summed E-state index contributed by atoms with van der Waals surface area (Å²) in [5.41, 5.74) is 0.826. The third-order valence-electron chi connectivity index (χ3n) is 4.48. The average molecular weight is 418 g/mol. The first-order valence-electron chi connectivity index (χ1n) is 9.46. The molecule has 0 aliphatic rings. The molecule has 0 saturated carbocycles. The summed E-state index contributed by atoms with van der Waals surface area (Å²) >= 11 is 0. The van der Waals surface area contributed by atoms with E-state index < -0.39 is 26.0 Å². The molecule has 0 saturated heterocycles. The van der Waals surface area contributed by atoms with Crippen molar-refractivity contribution in [3.8, 4) is 0 Å². The van der Waals surface area contributed by atoms with Gasteiger partial charge >= 0.3 is 11.9 Å². The molecule has 1 atom stereocenters. The molecule has 5 heteroatoms. The number of carbonyl (C=O) groups is 2. The minimum atomic E-state index is -1.14. The van der Waals surface area contributed by atoms with Crippen LogP contribution in [0.3, 0.4) is 0 Å². The summed E-state index contributed by atoms with van der Waals surface area (Å²) in [5.74, 6) is -1.23. The molecule has 3 aromatic rings. The van der Waals surface area contributed by atoms with Gasteiger partial charge in [0.15, 0.2) is 0 Å². The Kier molecular flexibility index (Phi) is 7.16. The molecule has 3 aromatic carbocycles. The molecule has 0 unspecified atom stereocenters. The summed E-state index contributed by atoms with van der Waals surface area (Å²) in [6.07, 6.45) is -1.14. The first-order valence-corrected chi connectivity index (χ1v) is 10.8. The summed E-state index contributed by atoms with van der Waals surface area (Å²) in [7, 11) is 0.256. The molecule has 4 nitrogen and oxygen atoms in total. The maximum Gasteiger partial charge on any atom is 0.351 e. The van der Waals surface area contributed by atoms with Gasteiger partial charge in [0.2, 0.25) is 6.10 Å². The monoisotopic (exact) mass is 418 g/mol. The van der Waals surface area contributed by atoms with E-state index in [4.69, 9.17) is 9.47 Å². The van der Waals surface area contributed by atoms with Crippen LogP contribution in [-0.4, -0.2) is 25.2 Å². The number of methoxy groups -OCH3 is 1. The van der Waals surface area contributed by atoms with Crippen LogP contribution < -0.4 is 15.9 Å². The van der Waals surface area contributed by atoms with E-state index in [0.29, 0.717) is 11.1 Å². The van der Waals surface area contributed by atoms with Crippen molar-refractivity contribution in [2.24, 2.45) is 0 Å². The molecule has 0 heterocycles. The van der Waals surface area contributed by atoms with Gasteiger partial charge in [0.25, 0.3) is 0 Å². The van der Waals surface area contributed by atoms with Gasteiger partial charge in [-0.1, -0.05) is 85.4 Å². The summed E-state index contributed by atoms with van der Waals surface area (Å²) < 4.78 is 10.3. The fourth-order valence-corrected chi connectivity index (χ4v) is 5.49. The number of ether oxygens (including phenoxy) is 2. The Bertz CT molecular complexity index is 992. The lowest BCUT2D eigenvalue weighted by atomic mass is 10.2. The zero-order chi connectivity index (χ0) is 21.5. The van der Waals surface area contributed by atoms with Crippen LogP contribution in [0, 0.1) is 0 Å². The lowest BCUT2D eigenvalue weighted by Crippen LogP contribution is -2.32. The Morgan fingerprint density at radius 2 is 1.33 bits per heavy atom. The SMILES string of the molecule is C=C(C)[C@H](OC(=O)c1ccccc1P(c1ccccc1)c1ccccc1)C(=O)OC. The molecule has 0 amide bonds. The summed E-state index contributed by atoms with van der Waals surface area (Å²) in [6, 6.07) is 27.5. The van der Waals surface area contributed by atoms with E-state index in [0.717, 1.165) is 15.9 Å². The number of esters is 2. The maximum absolute atomic E-state index is 13.1. The van der Waals surface area contributed by atoms with Crippen LogP contribution in [-0.2, 0) is 14.3 Å². The van der Waals surface area contributed by atoms with E-state index in [1.165, 1.54) is 7.11 Å². The Balaban J connectivity index is 2.06. The largest absolute Gasteiger partial charge is 0.466 e. The predicted octanol–water partition coefficient (Wildman–Crippen LogP) is 3.72. The highest BCUT2D eigenvalue weighted by Crippen LogP contribution is 2.34. The van der Waals surface area contributed by atoms with Gasteiger partial charge in [-0.2, -0.15) is 0 Å². The fraction of sp³-hybridized carbons (Fsp3) is 0.120. The number of hydrogen-bond donors (Lipinski definition) is 0. The van der Waals surface area contributed by atoms with E-state index in [-0.39, 0.29) is 0 Å². The van der Waals surface area contributed by atoms with Gasteiger partial charge in [0, 0.05) is 0 Å². The van der Waals surface area contributed by atoms with E-state index in [1.807, 2.05) is 48.5 Å². The number of hydrogen-bond acceptors (Lipinski definition) is 4. The van der Waals surface area contributed by atoms with Crippen molar-refractivity contribution in [3.05, 3.63) is 103 Å². The fourth-order valence-electron chi connectivity index (χ4n) is 3.05. The Morgan fingerprint density at radius 3 is 1.83 bits per heavy atom. The highest BCUT2D eigenvalue weighted by molar-refractivity contribution is 7.80. The molecule has 0 aliphatic heterocycles. The average Bonchev–Trinajstić information content (AvgIpc) is 2.78. The van der Waals surface area contributed by atoms with Crippen LogP contribution >= 0.6 is 7.92 Å². The summed E-state index contributed by atoms with van der Waals surface area (Å²) in [6.45, 7) is 5.38. The molecule has 0 bridgehead atoms. The van der Waals surface area contributed by atoms with Gasteiger partial charge < -0.3 is 9.47 Å². The second-order valence-electron chi connectivity index (χ2n) is 6.68. The topological polar surface area (TPSA) is 52.6 Å². The van der Waals surface area contributed by atoms with Gasteiger partial charge in [-0.05, 0) is 42.4 Å². The quantitative estimate of drug-likeness (QED) is 0.333. The molecule has 152 valence electrons. The zero-order valence-corrected chi connectivity index (χ0v) is 17.8. The van der Waals surface area contributed by atoms with Crippen molar-refractivity contribution >= 4 is 35.8 Å². The number of rotatable bonds is 7. The van der Waals surface area contributed by atoms with Crippen LogP contribution in [0.15, 0.2) is 97.1 Å². The highest BCUT2D eigenvalue weighted by Gasteiger charge is 2.28. The van der Waals surface area contributed by atoms with Crippen molar-refractivity contribution in [1.82, 2.24) is 0 Å². The first-order chi connectivity index (χ1) is 14.5. The van der Waals surface area contributed by atoms with E-state index in [2.05, 4.69) is 30.8 Å². The molecule has 0 aliphatic carbocycles. The van der Waals surface area contributed by atoms with Crippen LogP contribution in [0.5, 0.6) is 0 Å². The van der Waals surface area contributed by atoms with Gasteiger partial charge in [-0.3, -0.25) is 0 Å². The molecule has 30 heavy (non-hydrogen) atoms. The van der Waals surface area contributed by atoms with Crippen molar-refractivity contribution < 1.29 is 19.1 Å². The normalized spacial score (nSPS) is 11.6. The third kappa shape index (κ3) is 4.84. The summed E-state index contributed by atoms with van der Waals surface area (Å²) in [4.78, 5) is 25.1. The van der Waals surface area contributed by atoms with E-state index in [1.54, 1.807) is 19.1 Å². The Labute approximate surface area is 177 Å².